The van der Waals surface area contributed by atoms with Crippen LogP contribution in [0.3, 0.4) is 0 Å². The van der Waals surface area contributed by atoms with Gasteiger partial charge >= 0.3 is 0 Å². The molecule has 1 aromatic rings. The molecular weight excluding hydrogens is 188 g/mol. The second-order valence-electron chi connectivity index (χ2n) is 4.65. The lowest BCUT2D eigenvalue weighted by molar-refractivity contribution is 0.245. The third kappa shape index (κ3) is 3.65. The van der Waals surface area contributed by atoms with E-state index in [0.29, 0.717) is 5.41 Å². The minimum absolute atomic E-state index is 0.428. The number of aryl methyl sites for hydroxylation is 2. The van der Waals surface area contributed by atoms with Gasteiger partial charge < -0.3 is 4.52 Å². The normalized spacial score (nSPS) is 15.2. The molecule has 0 aromatic carbocycles. The highest BCUT2D eigenvalue weighted by Crippen LogP contribution is 2.32. The SMILES string of the molecule is CCCC(C)(CC)CCc1nc(C)no1. The molecule has 0 aliphatic heterocycles. The van der Waals surface area contributed by atoms with Gasteiger partial charge in [-0.25, -0.2) is 0 Å². The highest BCUT2D eigenvalue weighted by atomic mass is 16.5. The van der Waals surface area contributed by atoms with Crippen molar-refractivity contribution >= 4 is 0 Å². The summed E-state index contributed by atoms with van der Waals surface area (Å²) in [6, 6.07) is 0. The summed E-state index contributed by atoms with van der Waals surface area (Å²) in [6.45, 7) is 8.71. The molecule has 0 radical (unpaired) electrons. The average Bonchev–Trinajstić information content (AvgIpc) is 2.62. The maximum Gasteiger partial charge on any atom is 0.226 e. The summed E-state index contributed by atoms with van der Waals surface area (Å²) in [5.41, 5.74) is 0.428. The van der Waals surface area contributed by atoms with Gasteiger partial charge in [-0.3, -0.25) is 0 Å². The van der Waals surface area contributed by atoms with Gasteiger partial charge in [0.1, 0.15) is 0 Å². The van der Waals surface area contributed by atoms with E-state index < -0.39 is 0 Å². The highest BCUT2D eigenvalue weighted by Gasteiger charge is 2.21. The Balaban J connectivity index is 2.47. The Hall–Kier alpha value is -0.860. The summed E-state index contributed by atoms with van der Waals surface area (Å²) in [6.07, 6.45) is 5.78. The molecule has 3 heteroatoms. The zero-order valence-corrected chi connectivity index (χ0v) is 10.3. The zero-order chi connectivity index (χ0) is 11.3. The molecule has 0 saturated carbocycles. The van der Waals surface area contributed by atoms with Crippen molar-refractivity contribution in [2.24, 2.45) is 5.41 Å². The van der Waals surface area contributed by atoms with Crippen molar-refractivity contribution < 1.29 is 4.52 Å². The molecule has 0 aliphatic rings. The topological polar surface area (TPSA) is 38.9 Å². The molecule has 1 heterocycles. The molecule has 0 spiro atoms. The van der Waals surface area contributed by atoms with Gasteiger partial charge in [0.15, 0.2) is 5.82 Å². The van der Waals surface area contributed by atoms with Crippen molar-refractivity contribution in [2.75, 3.05) is 0 Å². The molecule has 0 bridgehead atoms. The van der Waals surface area contributed by atoms with Crippen molar-refractivity contribution in [3.63, 3.8) is 0 Å². The molecule has 0 saturated heterocycles. The summed E-state index contributed by atoms with van der Waals surface area (Å²) in [7, 11) is 0. The Bertz CT molecular complexity index is 296. The van der Waals surface area contributed by atoms with Crippen LogP contribution in [0.5, 0.6) is 0 Å². The van der Waals surface area contributed by atoms with Crippen LogP contribution in [0.2, 0.25) is 0 Å². The fourth-order valence-electron chi connectivity index (χ4n) is 1.93. The predicted octanol–water partition coefficient (Wildman–Crippen LogP) is 3.53. The molecule has 1 rings (SSSR count). The first-order valence-electron chi connectivity index (χ1n) is 5.89. The van der Waals surface area contributed by atoms with Gasteiger partial charge in [0, 0.05) is 6.42 Å². The van der Waals surface area contributed by atoms with Crippen LogP contribution in [-0.2, 0) is 6.42 Å². The van der Waals surface area contributed by atoms with Crippen LogP contribution in [0.4, 0.5) is 0 Å². The first-order chi connectivity index (χ1) is 7.09. The van der Waals surface area contributed by atoms with Crippen LogP contribution in [0.25, 0.3) is 0 Å². The van der Waals surface area contributed by atoms with Gasteiger partial charge in [-0.1, -0.05) is 38.8 Å². The van der Waals surface area contributed by atoms with E-state index in [1.165, 1.54) is 19.3 Å². The van der Waals surface area contributed by atoms with E-state index in [0.717, 1.165) is 24.6 Å². The van der Waals surface area contributed by atoms with Crippen LogP contribution in [0.15, 0.2) is 4.52 Å². The molecule has 0 N–H and O–H groups in total. The molecule has 86 valence electrons. The minimum Gasteiger partial charge on any atom is -0.339 e. The monoisotopic (exact) mass is 210 g/mol. The van der Waals surface area contributed by atoms with Gasteiger partial charge in [0.05, 0.1) is 0 Å². The van der Waals surface area contributed by atoms with E-state index >= 15 is 0 Å². The molecule has 3 nitrogen and oxygen atoms in total. The first kappa shape index (κ1) is 12.2. The number of rotatable bonds is 6. The van der Waals surface area contributed by atoms with E-state index in [2.05, 4.69) is 30.9 Å². The van der Waals surface area contributed by atoms with Crippen molar-refractivity contribution in [1.29, 1.82) is 0 Å². The van der Waals surface area contributed by atoms with Crippen LogP contribution in [0, 0.1) is 12.3 Å². The predicted molar refractivity (Wildman–Crippen MR) is 60.7 cm³/mol. The van der Waals surface area contributed by atoms with E-state index in [-0.39, 0.29) is 0 Å². The minimum atomic E-state index is 0.428. The number of nitrogens with zero attached hydrogens (tertiary/aromatic N) is 2. The molecule has 0 fully saturated rings. The van der Waals surface area contributed by atoms with E-state index in [4.69, 9.17) is 4.52 Å². The highest BCUT2D eigenvalue weighted by molar-refractivity contribution is 4.85. The van der Waals surface area contributed by atoms with E-state index in [1.807, 2.05) is 6.92 Å². The van der Waals surface area contributed by atoms with Crippen molar-refractivity contribution in [3.05, 3.63) is 11.7 Å². The van der Waals surface area contributed by atoms with Gasteiger partial charge in [0.2, 0.25) is 5.89 Å². The number of aromatic nitrogens is 2. The Kier molecular flexibility index (Phi) is 4.30. The summed E-state index contributed by atoms with van der Waals surface area (Å²) in [5.74, 6) is 1.52. The quantitative estimate of drug-likeness (QED) is 0.721. The largest absolute Gasteiger partial charge is 0.339 e. The smallest absolute Gasteiger partial charge is 0.226 e. The van der Waals surface area contributed by atoms with Gasteiger partial charge in [-0.15, -0.1) is 0 Å². The first-order valence-corrected chi connectivity index (χ1v) is 5.89. The van der Waals surface area contributed by atoms with Crippen molar-refractivity contribution in [1.82, 2.24) is 10.1 Å². The maximum atomic E-state index is 5.12. The second-order valence-corrected chi connectivity index (χ2v) is 4.65. The van der Waals surface area contributed by atoms with Crippen LogP contribution >= 0.6 is 0 Å². The summed E-state index contributed by atoms with van der Waals surface area (Å²) in [5, 5.41) is 3.80. The van der Waals surface area contributed by atoms with Crippen LogP contribution < -0.4 is 0 Å². The maximum absolute atomic E-state index is 5.12. The summed E-state index contributed by atoms with van der Waals surface area (Å²) >= 11 is 0. The lowest BCUT2D eigenvalue weighted by Gasteiger charge is -2.27. The Morgan fingerprint density at radius 3 is 2.47 bits per heavy atom. The average molecular weight is 210 g/mol. The third-order valence-corrected chi connectivity index (χ3v) is 3.22. The fraction of sp³-hybridized carbons (Fsp3) is 0.833. The second kappa shape index (κ2) is 5.29. The van der Waals surface area contributed by atoms with Crippen molar-refractivity contribution in [2.45, 2.75) is 59.8 Å². The Morgan fingerprint density at radius 2 is 2.00 bits per heavy atom. The van der Waals surface area contributed by atoms with Gasteiger partial charge in [0.25, 0.3) is 0 Å². The van der Waals surface area contributed by atoms with Crippen LogP contribution in [0.1, 0.15) is 58.2 Å². The van der Waals surface area contributed by atoms with E-state index in [9.17, 15) is 0 Å². The summed E-state index contributed by atoms with van der Waals surface area (Å²) in [4.78, 5) is 4.23. The fourth-order valence-corrected chi connectivity index (χ4v) is 1.93. The molecule has 0 aliphatic carbocycles. The molecule has 1 atom stereocenters. The van der Waals surface area contributed by atoms with Gasteiger partial charge in [-0.2, -0.15) is 4.98 Å². The lowest BCUT2D eigenvalue weighted by Crippen LogP contribution is -2.16. The van der Waals surface area contributed by atoms with Crippen LogP contribution in [-0.4, -0.2) is 10.1 Å². The van der Waals surface area contributed by atoms with Crippen molar-refractivity contribution in [3.8, 4) is 0 Å². The van der Waals surface area contributed by atoms with Gasteiger partial charge in [-0.05, 0) is 25.2 Å². The summed E-state index contributed by atoms with van der Waals surface area (Å²) < 4.78 is 5.12. The zero-order valence-electron chi connectivity index (χ0n) is 10.3. The number of hydrogen-bond donors (Lipinski definition) is 0. The molecule has 1 unspecified atom stereocenters. The standard InChI is InChI=1S/C12H22N2O/c1-5-8-12(4,6-2)9-7-11-13-10(3)14-15-11/h5-9H2,1-4H3. The molecule has 1 aromatic heterocycles. The lowest BCUT2D eigenvalue weighted by atomic mass is 9.79. The Labute approximate surface area is 92.3 Å². The Morgan fingerprint density at radius 1 is 1.27 bits per heavy atom. The van der Waals surface area contributed by atoms with E-state index in [1.54, 1.807) is 0 Å². The molecular formula is C12H22N2O. The molecule has 0 amide bonds. The number of hydrogen-bond acceptors (Lipinski definition) is 3. The molecule has 15 heavy (non-hydrogen) atoms. The third-order valence-electron chi connectivity index (χ3n) is 3.22.